The first kappa shape index (κ1) is 16.5. The first-order valence-corrected chi connectivity index (χ1v) is 8.20. The molecule has 2 amide bonds. The third-order valence-corrected chi connectivity index (χ3v) is 4.37. The van der Waals surface area contributed by atoms with Crippen LogP contribution in [0.2, 0.25) is 0 Å². The Kier molecular flexibility index (Phi) is 5.91. The normalized spacial score (nSPS) is 12.0. The summed E-state index contributed by atoms with van der Waals surface area (Å²) in [5.74, 6) is 0. The van der Waals surface area contributed by atoms with E-state index < -0.39 is 0 Å². The van der Waals surface area contributed by atoms with Gasteiger partial charge >= 0.3 is 6.03 Å². The number of hydrogen-bond acceptors (Lipinski definition) is 4. The van der Waals surface area contributed by atoms with Crippen LogP contribution in [0.4, 0.5) is 4.79 Å². The van der Waals surface area contributed by atoms with E-state index in [4.69, 9.17) is 5.11 Å². The number of carbonyl (C=O) groups is 1. The molecule has 0 saturated heterocycles. The van der Waals surface area contributed by atoms with Crippen LogP contribution in [0.25, 0.3) is 11.3 Å². The van der Waals surface area contributed by atoms with Gasteiger partial charge < -0.3 is 15.3 Å². The average molecular weight is 319 g/mol. The molecule has 0 aliphatic carbocycles. The summed E-state index contributed by atoms with van der Waals surface area (Å²) >= 11 is 1.53. The number of aromatic nitrogens is 1. The van der Waals surface area contributed by atoms with E-state index in [0.717, 1.165) is 16.3 Å². The molecule has 22 heavy (non-hydrogen) atoms. The number of urea groups is 1. The van der Waals surface area contributed by atoms with Gasteiger partial charge in [0.15, 0.2) is 0 Å². The predicted octanol–water partition coefficient (Wildman–Crippen LogP) is 2.89. The molecular weight excluding hydrogens is 298 g/mol. The fourth-order valence-electron chi connectivity index (χ4n) is 2.09. The van der Waals surface area contributed by atoms with Crippen molar-refractivity contribution in [3.63, 3.8) is 0 Å². The second kappa shape index (κ2) is 7.91. The van der Waals surface area contributed by atoms with Gasteiger partial charge in [0.25, 0.3) is 0 Å². The molecule has 0 aliphatic rings. The summed E-state index contributed by atoms with van der Waals surface area (Å²) in [6.07, 6.45) is 0. The van der Waals surface area contributed by atoms with Gasteiger partial charge in [0.2, 0.25) is 0 Å². The highest BCUT2D eigenvalue weighted by Crippen LogP contribution is 2.25. The standard InChI is InChI=1S/C16H21N3O2S/c1-3-19(9-10-20)16(21)17-12(2)15-18-14(11-22-15)13-7-5-4-6-8-13/h4-8,11-12,20H,3,9-10H2,1-2H3,(H,17,21). The van der Waals surface area contributed by atoms with E-state index in [0.29, 0.717) is 13.1 Å². The van der Waals surface area contributed by atoms with Crippen molar-refractivity contribution in [1.29, 1.82) is 0 Å². The third kappa shape index (κ3) is 4.05. The summed E-state index contributed by atoms with van der Waals surface area (Å²) in [4.78, 5) is 18.3. The highest BCUT2D eigenvalue weighted by atomic mass is 32.1. The SMILES string of the molecule is CCN(CCO)C(=O)NC(C)c1nc(-c2ccccc2)cs1. The molecule has 1 heterocycles. The Bertz CT molecular complexity index is 600. The molecule has 0 radical (unpaired) electrons. The van der Waals surface area contributed by atoms with Gasteiger partial charge in [0.1, 0.15) is 5.01 Å². The number of nitrogens with zero attached hydrogens (tertiary/aromatic N) is 2. The minimum absolute atomic E-state index is 0.0367. The van der Waals surface area contributed by atoms with E-state index in [1.165, 1.54) is 11.3 Å². The highest BCUT2D eigenvalue weighted by Gasteiger charge is 2.17. The minimum atomic E-state index is -0.180. The molecule has 0 bridgehead atoms. The first-order chi connectivity index (χ1) is 10.7. The molecular formula is C16H21N3O2S. The van der Waals surface area contributed by atoms with Gasteiger partial charge in [-0.1, -0.05) is 30.3 Å². The van der Waals surface area contributed by atoms with E-state index in [1.54, 1.807) is 4.90 Å². The number of likely N-dealkylation sites (N-methyl/N-ethyl adjacent to an activating group) is 1. The summed E-state index contributed by atoms with van der Waals surface area (Å²) in [6.45, 7) is 4.66. The Morgan fingerprint density at radius 2 is 2.14 bits per heavy atom. The lowest BCUT2D eigenvalue weighted by atomic mass is 10.2. The molecule has 2 N–H and O–H groups in total. The molecule has 2 rings (SSSR count). The van der Waals surface area contributed by atoms with E-state index in [2.05, 4.69) is 10.3 Å². The fourth-order valence-corrected chi connectivity index (χ4v) is 2.93. The van der Waals surface area contributed by atoms with Crippen molar-refractivity contribution in [1.82, 2.24) is 15.2 Å². The van der Waals surface area contributed by atoms with Crippen LogP contribution in [0.5, 0.6) is 0 Å². The van der Waals surface area contributed by atoms with Gasteiger partial charge in [-0.15, -0.1) is 11.3 Å². The topological polar surface area (TPSA) is 65.5 Å². The quantitative estimate of drug-likeness (QED) is 0.860. The van der Waals surface area contributed by atoms with Crippen LogP contribution in [-0.4, -0.2) is 40.7 Å². The molecule has 1 aromatic carbocycles. The molecule has 1 unspecified atom stereocenters. The maximum absolute atomic E-state index is 12.1. The van der Waals surface area contributed by atoms with Gasteiger partial charge in [-0.25, -0.2) is 9.78 Å². The van der Waals surface area contributed by atoms with E-state index in [1.807, 2.05) is 49.6 Å². The van der Waals surface area contributed by atoms with Crippen LogP contribution in [0.15, 0.2) is 35.7 Å². The lowest BCUT2D eigenvalue weighted by Gasteiger charge is -2.22. The van der Waals surface area contributed by atoms with Gasteiger partial charge in [-0.05, 0) is 13.8 Å². The van der Waals surface area contributed by atoms with Crippen LogP contribution < -0.4 is 5.32 Å². The maximum Gasteiger partial charge on any atom is 0.318 e. The van der Waals surface area contributed by atoms with Crippen LogP contribution in [0.1, 0.15) is 24.9 Å². The van der Waals surface area contributed by atoms with Crippen LogP contribution >= 0.6 is 11.3 Å². The number of nitrogens with one attached hydrogen (secondary N) is 1. The van der Waals surface area contributed by atoms with Gasteiger partial charge in [-0.3, -0.25) is 0 Å². The zero-order valence-corrected chi connectivity index (χ0v) is 13.6. The number of hydrogen-bond donors (Lipinski definition) is 2. The van der Waals surface area contributed by atoms with E-state index in [-0.39, 0.29) is 18.7 Å². The molecule has 5 nitrogen and oxygen atoms in total. The van der Waals surface area contributed by atoms with Gasteiger partial charge in [0, 0.05) is 24.0 Å². The smallest absolute Gasteiger partial charge is 0.318 e. The Morgan fingerprint density at radius 1 is 1.41 bits per heavy atom. The molecule has 6 heteroatoms. The molecule has 1 aromatic heterocycles. The summed E-state index contributed by atoms with van der Waals surface area (Å²) < 4.78 is 0. The van der Waals surface area contributed by atoms with Crippen molar-refractivity contribution in [3.8, 4) is 11.3 Å². The van der Waals surface area contributed by atoms with Crippen LogP contribution in [0, 0.1) is 0 Å². The molecule has 0 aliphatic heterocycles. The summed E-state index contributed by atoms with van der Waals surface area (Å²) in [6, 6.07) is 9.62. The summed E-state index contributed by atoms with van der Waals surface area (Å²) in [5.41, 5.74) is 1.99. The predicted molar refractivity (Wildman–Crippen MR) is 88.8 cm³/mol. The zero-order valence-electron chi connectivity index (χ0n) is 12.8. The Hall–Kier alpha value is -1.92. The minimum Gasteiger partial charge on any atom is -0.395 e. The number of aliphatic hydroxyl groups is 1. The van der Waals surface area contributed by atoms with Crippen molar-refractivity contribution in [2.45, 2.75) is 19.9 Å². The number of amides is 2. The average Bonchev–Trinajstić information content (AvgIpc) is 3.03. The highest BCUT2D eigenvalue weighted by molar-refractivity contribution is 7.10. The second-order valence-corrected chi connectivity index (χ2v) is 5.80. The lowest BCUT2D eigenvalue weighted by molar-refractivity contribution is 0.178. The number of thiazole rings is 1. The summed E-state index contributed by atoms with van der Waals surface area (Å²) in [5, 5.41) is 14.8. The second-order valence-electron chi connectivity index (χ2n) is 4.91. The van der Waals surface area contributed by atoms with Crippen LogP contribution in [0.3, 0.4) is 0 Å². The number of carbonyl (C=O) groups excluding carboxylic acids is 1. The van der Waals surface area contributed by atoms with E-state index in [9.17, 15) is 4.79 Å². The lowest BCUT2D eigenvalue weighted by Crippen LogP contribution is -2.42. The Morgan fingerprint density at radius 3 is 2.77 bits per heavy atom. The van der Waals surface area contributed by atoms with Crippen LogP contribution in [-0.2, 0) is 0 Å². The molecule has 1 atom stereocenters. The first-order valence-electron chi connectivity index (χ1n) is 7.32. The summed E-state index contributed by atoms with van der Waals surface area (Å²) in [7, 11) is 0. The van der Waals surface area contributed by atoms with Crippen molar-refractivity contribution in [3.05, 3.63) is 40.7 Å². The maximum atomic E-state index is 12.1. The Labute approximate surface area is 134 Å². The fraction of sp³-hybridized carbons (Fsp3) is 0.375. The zero-order chi connectivity index (χ0) is 15.9. The molecule has 2 aromatic rings. The van der Waals surface area contributed by atoms with Crippen molar-refractivity contribution >= 4 is 17.4 Å². The molecule has 0 spiro atoms. The molecule has 118 valence electrons. The van der Waals surface area contributed by atoms with Crippen molar-refractivity contribution in [2.24, 2.45) is 0 Å². The van der Waals surface area contributed by atoms with Crippen molar-refractivity contribution < 1.29 is 9.90 Å². The number of rotatable bonds is 6. The third-order valence-electron chi connectivity index (χ3n) is 3.34. The largest absolute Gasteiger partial charge is 0.395 e. The van der Waals surface area contributed by atoms with Crippen molar-refractivity contribution in [2.75, 3.05) is 19.7 Å². The molecule has 0 saturated carbocycles. The molecule has 0 fully saturated rings. The number of benzene rings is 1. The monoisotopic (exact) mass is 319 g/mol. The van der Waals surface area contributed by atoms with Gasteiger partial charge in [0.05, 0.1) is 18.3 Å². The van der Waals surface area contributed by atoms with Gasteiger partial charge in [-0.2, -0.15) is 0 Å². The van der Waals surface area contributed by atoms with E-state index >= 15 is 0 Å². The number of aliphatic hydroxyl groups excluding tert-OH is 1. The Balaban J connectivity index is 2.03.